The summed E-state index contributed by atoms with van der Waals surface area (Å²) in [5.74, 6) is -0.402. The first-order valence-electron chi connectivity index (χ1n) is 9.15. The van der Waals surface area contributed by atoms with E-state index in [1.165, 1.54) is 6.07 Å². The fourth-order valence-corrected chi connectivity index (χ4v) is 3.40. The van der Waals surface area contributed by atoms with Crippen molar-refractivity contribution in [2.75, 3.05) is 0 Å². The van der Waals surface area contributed by atoms with Gasteiger partial charge in [0, 0.05) is 11.3 Å². The van der Waals surface area contributed by atoms with Gasteiger partial charge in [0.05, 0.1) is 12.6 Å². The second kappa shape index (κ2) is 7.78. The van der Waals surface area contributed by atoms with Gasteiger partial charge >= 0.3 is 0 Å². The lowest BCUT2D eigenvalue weighted by Gasteiger charge is -2.17. The van der Waals surface area contributed by atoms with Crippen LogP contribution in [-0.2, 0) is 6.54 Å². The smallest absolute Gasteiger partial charge is 0.268 e. The van der Waals surface area contributed by atoms with Gasteiger partial charge in [-0.2, -0.15) is 0 Å². The third kappa shape index (κ3) is 3.80. The van der Waals surface area contributed by atoms with E-state index in [9.17, 15) is 9.18 Å². The molecule has 1 heterocycles. The van der Waals surface area contributed by atoms with Crippen molar-refractivity contribution in [3.63, 3.8) is 0 Å². The SMILES string of the molecule is Cc1c(C)c(C(=O)N[C@H](C)c2ccccc2)n(Cc2ccccc2F)c1C. The number of aromatic nitrogens is 1. The second-order valence-electron chi connectivity index (χ2n) is 6.97. The quantitative estimate of drug-likeness (QED) is 0.672. The molecule has 0 spiro atoms. The Labute approximate surface area is 159 Å². The molecule has 0 aliphatic carbocycles. The Hall–Kier alpha value is -2.88. The van der Waals surface area contributed by atoms with Crippen LogP contribution in [0.5, 0.6) is 0 Å². The summed E-state index contributed by atoms with van der Waals surface area (Å²) in [4.78, 5) is 13.1. The molecule has 3 aromatic rings. The molecule has 0 unspecified atom stereocenters. The Morgan fingerprint density at radius 3 is 2.30 bits per heavy atom. The maximum Gasteiger partial charge on any atom is 0.268 e. The van der Waals surface area contributed by atoms with Crippen molar-refractivity contribution in [3.05, 3.63) is 94.1 Å². The van der Waals surface area contributed by atoms with E-state index >= 15 is 0 Å². The summed E-state index contributed by atoms with van der Waals surface area (Å²) in [5, 5.41) is 3.08. The van der Waals surface area contributed by atoms with Crippen molar-refractivity contribution < 1.29 is 9.18 Å². The first-order valence-corrected chi connectivity index (χ1v) is 9.15. The van der Waals surface area contributed by atoms with E-state index in [2.05, 4.69) is 5.32 Å². The zero-order chi connectivity index (χ0) is 19.6. The molecule has 0 radical (unpaired) electrons. The fourth-order valence-electron chi connectivity index (χ4n) is 3.40. The number of nitrogens with one attached hydrogen (secondary N) is 1. The predicted molar refractivity (Wildman–Crippen MR) is 106 cm³/mol. The zero-order valence-corrected chi connectivity index (χ0v) is 16.2. The van der Waals surface area contributed by atoms with Crippen LogP contribution in [-0.4, -0.2) is 10.5 Å². The molecule has 0 saturated heterocycles. The molecule has 3 rings (SSSR count). The Morgan fingerprint density at radius 2 is 1.63 bits per heavy atom. The summed E-state index contributed by atoms with van der Waals surface area (Å²) in [6.45, 7) is 8.21. The molecule has 140 valence electrons. The predicted octanol–water partition coefficient (Wildman–Crippen LogP) is 5.09. The molecule has 0 aliphatic heterocycles. The molecule has 0 saturated carbocycles. The van der Waals surface area contributed by atoms with E-state index in [4.69, 9.17) is 0 Å². The van der Waals surface area contributed by atoms with Crippen LogP contribution in [0.4, 0.5) is 4.39 Å². The summed E-state index contributed by atoms with van der Waals surface area (Å²) in [6, 6.07) is 16.4. The van der Waals surface area contributed by atoms with Crippen LogP contribution in [0.3, 0.4) is 0 Å². The van der Waals surface area contributed by atoms with Crippen LogP contribution < -0.4 is 5.32 Å². The number of hydrogen-bond acceptors (Lipinski definition) is 1. The topological polar surface area (TPSA) is 34.0 Å². The van der Waals surface area contributed by atoms with Gasteiger partial charge in [-0.1, -0.05) is 48.5 Å². The summed E-state index contributed by atoms with van der Waals surface area (Å²) in [5.41, 5.74) is 5.18. The molecule has 1 amide bonds. The van der Waals surface area contributed by atoms with E-state index in [-0.39, 0.29) is 17.8 Å². The lowest BCUT2D eigenvalue weighted by molar-refractivity contribution is 0.0930. The van der Waals surface area contributed by atoms with E-state index < -0.39 is 0 Å². The van der Waals surface area contributed by atoms with E-state index in [0.29, 0.717) is 17.8 Å². The monoisotopic (exact) mass is 364 g/mol. The average molecular weight is 364 g/mol. The Bertz CT molecular complexity index is 960. The largest absolute Gasteiger partial charge is 0.344 e. The third-order valence-corrected chi connectivity index (χ3v) is 5.28. The van der Waals surface area contributed by atoms with Crippen LogP contribution in [0.25, 0.3) is 0 Å². The van der Waals surface area contributed by atoms with Gasteiger partial charge in [0.2, 0.25) is 0 Å². The van der Waals surface area contributed by atoms with Gasteiger partial charge in [-0.3, -0.25) is 4.79 Å². The van der Waals surface area contributed by atoms with Crippen molar-refractivity contribution in [1.82, 2.24) is 9.88 Å². The number of hydrogen-bond donors (Lipinski definition) is 1. The molecular formula is C23H25FN2O. The molecule has 0 bridgehead atoms. The van der Waals surface area contributed by atoms with Crippen molar-refractivity contribution in [2.24, 2.45) is 0 Å². The van der Waals surface area contributed by atoms with Crippen molar-refractivity contribution in [1.29, 1.82) is 0 Å². The molecule has 3 nitrogen and oxygen atoms in total. The second-order valence-corrected chi connectivity index (χ2v) is 6.97. The first-order chi connectivity index (χ1) is 12.9. The number of nitrogens with zero attached hydrogens (tertiary/aromatic N) is 1. The van der Waals surface area contributed by atoms with Gasteiger partial charge in [-0.25, -0.2) is 4.39 Å². The third-order valence-electron chi connectivity index (χ3n) is 5.28. The average Bonchev–Trinajstić information content (AvgIpc) is 2.88. The minimum Gasteiger partial charge on any atom is -0.344 e. The molecule has 1 aromatic heterocycles. The summed E-state index contributed by atoms with van der Waals surface area (Å²) in [6.07, 6.45) is 0. The number of rotatable bonds is 5. The lowest BCUT2D eigenvalue weighted by atomic mass is 10.1. The molecule has 1 N–H and O–H groups in total. The van der Waals surface area contributed by atoms with Crippen LogP contribution >= 0.6 is 0 Å². The minimum atomic E-state index is -0.259. The van der Waals surface area contributed by atoms with E-state index in [1.807, 2.05) is 68.7 Å². The minimum absolute atomic E-state index is 0.115. The highest BCUT2D eigenvalue weighted by atomic mass is 19.1. The van der Waals surface area contributed by atoms with Gasteiger partial charge < -0.3 is 9.88 Å². The molecule has 4 heteroatoms. The van der Waals surface area contributed by atoms with Crippen LogP contribution in [0.2, 0.25) is 0 Å². The van der Waals surface area contributed by atoms with Crippen LogP contribution in [0, 0.1) is 26.6 Å². The Morgan fingerprint density at radius 1 is 1.00 bits per heavy atom. The van der Waals surface area contributed by atoms with Crippen molar-refractivity contribution in [3.8, 4) is 0 Å². The Balaban J connectivity index is 1.94. The zero-order valence-electron chi connectivity index (χ0n) is 16.2. The summed E-state index contributed by atoms with van der Waals surface area (Å²) < 4.78 is 16.1. The van der Waals surface area contributed by atoms with Gasteiger partial charge in [0.25, 0.3) is 5.91 Å². The standard InChI is InChI=1S/C23H25FN2O/c1-15-16(2)22(23(27)25-17(3)19-10-6-5-7-11-19)26(18(15)4)14-20-12-8-9-13-21(20)24/h5-13,17H,14H2,1-4H3,(H,25,27)/t17-/m1/s1. The molecular weight excluding hydrogens is 339 g/mol. The van der Waals surface area contributed by atoms with Crippen molar-refractivity contribution in [2.45, 2.75) is 40.3 Å². The van der Waals surface area contributed by atoms with Crippen LogP contribution in [0.1, 0.15) is 51.4 Å². The molecule has 0 fully saturated rings. The van der Waals surface area contributed by atoms with Gasteiger partial charge in [-0.05, 0) is 50.5 Å². The normalized spacial score (nSPS) is 12.0. The number of amides is 1. The fraction of sp³-hybridized carbons (Fsp3) is 0.261. The van der Waals surface area contributed by atoms with E-state index in [1.54, 1.807) is 12.1 Å². The Kier molecular flexibility index (Phi) is 5.45. The van der Waals surface area contributed by atoms with Gasteiger partial charge in [0.15, 0.2) is 0 Å². The number of carbonyl (C=O) groups is 1. The number of halogens is 1. The molecule has 0 aliphatic rings. The highest BCUT2D eigenvalue weighted by molar-refractivity contribution is 5.95. The van der Waals surface area contributed by atoms with E-state index in [0.717, 1.165) is 22.4 Å². The van der Waals surface area contributed by atoms with Gasteiger partial charge in [-0.15, -0.1) is 0 Å². The highest BCUT2D eigenvalue weighted by Gasteiger charge is 2.22. The lowest BCUT2D eigenvalue weighted by Crippen LogP contribution is -2.29. The number of carbonyl (C=O) groups excluding carboxylic acids is 1. The maximum atomic E-state index is 14.2. The van der Waals surface area contributed by atoms with Gasteiger partial charge in [0.1, 0.15) is 11.5 Å². The maximum absolute atomic E-state index is 14.2. The van der Waals surface area contributed by atoms with Crippen LogP contribution in [0.15, 0.2) is 54.6 Å². The first kappa shape index (κ1) is 18.9. The summed E-state index contributed by atoms with van der Waals surface area (Å²) >= 11 is 0. The summed E-state index contributed by atoms with van der Waals surface area (Å²) in [7, 11) is 0. The van der Waals surface area contributed by atoms with Crippen molar-refractivity contribution >= 4 is 5.91 Å². The molecule has 2 aromatic carbocycles. The highest BCUT2D eigenvalue weighted by Crippen LogP contribution is 2.24. The molecule has 27 heavy (non-hydrogen) atoms. The number of benzene rings is 2. The molecule has 1 atom stereocenters.